The molecule has 150 valence electrons. The Kier molecular flexibility index (Phi) is 4.93. The Morgan fingerprint density at radius 1 is 1.18 bits per heavy atom. The number of likely N-dealkylation sites (tertiary alicyclic amines) is 1. The maximum atomic E-state index is 13.0. The van der Waals surface area contributed by atoms with Crippen molar-refractivity contribution in [3.63, 3.8) is 0 Å². The molecule has 4 nitrogen and oxygen atoms in total. The number of alkyl halides is 3. The van der Waals surface area contributed by atoms with Gasteiger partial charge in [-0.1, -0.05) is 6.08 Å². The Hall–Kier alpha value is -2.31. The third-order valence-corrected chi connectivity index (χ3v) is 5.88. The van der Waals surface area contributed by atoms with E-state index >= 15 is 0 Å². The Morgan fingerprint density at radius 3 is 2.57 bits per heavy atom. The minimum Gasteiger partial charge on any atom is -0.339 e. The third kappa shape index (κ3) is 3.54. The number of carbonyl (C=O) groups excluding carboxylic acids is 1. The largest absolute Gasteiger partial charge is 0.416 e. The van der Waals surface area contributed by atoms with Gasteiger partial charge in [-0.3, -0.25) is 4.79 Å². The van der Waals surface area contributed by atoms with E-state index in [1.54, 1.807) is 0 Å². The summed E-state index contributed by atoms with van der Waals surface area (Å²) in [5, 5.41) is 0. The molecule has 1 saturated heterocycles. The van der Waals surface area contributed by atoms with Crippen molar-refractivity contribution in [3.05, 3.63) is 41.2 Å². The lowest BCUT2D eigenvalue weighted by Crippen LogP contribution is -2.40. The molecule has 1 fully saturated rings. The van der Waals surface area contributed by atoms with Crippen molar-refractivity contribution in [1.29, 1.82) is 0 Å². The maximum Gasteiger partial charge on any atom is 0.416 e. The monoisotopic (exact) mass is 391 g/mol. The number of halogens is 3. The number of allylic oxidation sites excluding steroid dienone is 1. The molecular weight excluding hydrogens is 367 g/mol. The number of amides is 1. The van der Waals surface area contributed by atoms with Gasteiger partial charge in [0.15, 0.2) is 0 Å². The number of hydrogen-bond acceptors (Lipinski definition) is 2. The van der Waals surface area contributed by atoms with Crippen molar-refractivity contribution in [2.45, 2.75) is 57.7 Å². The van der Waals surface area contributed by atoms with E-state index in [-0.39, 0.29) is 11.9 Å². The normalized spacial score (nSPS) is 19.1. The smallest absolute Gasteiger partial charge is 0.339 e. The number of carbonyl (C=O) groups is 1. The highest BCUT2D eigenvalue weighted by atomic mass is 19.4. The zero-order valence-corrected chi connectivity index (χ0v) is 15.9. The van der Waals surface area contributed by atoms with Gasteiger partial charge >= 0.3 is 6.18 Å². The Labute approximate surface area is 162 Å². The SMILES string of the molecule is Cc1nc2cc(C(F)(F)F)ccc2n1C1CCN(C(=O)C2=CCCCC2)CC1. The lowest BCUT2D eigenvalue weighted by atomic mass is 9.97. The number of hydrogen-bond donors (Lipinski definition) is 0. The number of aromatic nitrogens is 2. The molecule has 28 heavy (non-hydrogen) atoms. The van der Waals surface area contributed by atoms with E-state index < -0.39 is 11.7 Å². The highest BCUT2D eigenvalue weighted by Crippen LogP contribution is 2.34. The van der Waals surface area contributed by atoms with Crippen LogP contribution in [-0.2, 0) is 11.0 Å². The lowest BCUT2D eigenvalue weighted by molar-refractivity contribution is -0.137. The molecule has 0 bridgehead atoms. The van der Waals surface area contributed by atoms with Gasteiger partial charge in [-0.15, -0.1) is 0 Å². The van der Waals surface area contributed by atoms with Gasteiger partial charge < -0.3 is 9.47 Å². The number of piperidine rings is 1. The van der Waals surface area contributed by atoms with Crippen LogP contribution in [0, 0.1) is 6.92 Å². The number of fused-ring (bicyclic) bond motifs is 1. The first-order chi connectivity index (χ1) is 13.3. The summed E-state index contributed by atoms with van der Waals surface area (Å²) in [6.45, 7) is 3.17. The number of rotatable bonds is 2. The van der Waals surface area contributed by atoms with Crippen LogP contribution < -0.4 is 0 Å². The van der Waals surface area contributed by atoms with E-state index in [9.17, 15) is 18.0 Å². The molecular formula is C21H24F3N3O. The predicted octanol–water partition coefficient (Wildman–Crippen LogP) is 5.03. The summed E-state index contributed by atoms with van der Waals surface area (Å²) in [6, 6.07) is 3.90. The zero-order valence-electron chi connectivity index (χ0n) is 15.9. The van der Waals surface area contributed by atoms with Crippen LogP contribution >= 0.6 is 0 Å². The molecule has 7 heteroatoms. The molecule has 1 aliphatic carbocycles. The average molecular weight is 391 g/mol. The van der Waals surface area contributed by atoms with E-state index in [4.69, 9.17) is 0 Å². The Balaban J connectivity index is 1.51. The molecule has 1 aromatic heterocycles. The van der Waals surface area contributed by atoms with Crippen LogP contribution in [0.15, 0.2) is 29.8 Å². The fraction of sp³-hybridized carbons (Fsp3) is 0.524. The fourth-order valence-corrected chi connectivity index (χ4v) is 4.42. The average Bonchev–Trinajstić information content (AvgIpc) is 3.02. The van der Waals surface area contributed by atoms with E-state index in [1.807, 2.05) is 16.4 Å². The lowest BCUT2D eigenvalue weighted by Gasteiger charge is -2.34. The van der Waals surface area contributed by atoms with Crippen LogP contribution in [0.5, 0.6) is 0 Å². The van der Waals surface area contributed by atoms with Crippen LogP contribution in [0.25, 0.3) is 11.0 Å². The first-order valence-corrected chi connectivity index (χ1v) is 9.88. The topological polar surface area (TPSA) is 38.1 Å². The highest BCUT2D eigenvalue weighted by Gasteiger charge is 2.32. The highest BCUT2D eigenvalue weighted by molar-refractivity contribution is 5.93. The number of benzene rings is 1. The van der Waals surface area contributed by atoms with Crippen LogP contribution in [-0.4, -0.2) is 33.4 Å². The van der Waals surface area contributed by atoms with Gasteiger partial charge in [-0.05, 0) is 63.6 Å². The second-order valence-corrected chi connectivity index (χ2v) is 7.73. The zero-order chi connectivity index (χ0) is 19.9. The van der Waals surface area contributed by atoms with Crippen molar-refractivity contribution >= 4 is 16.9 Å². The summed E-state index contributed by atoms with van der Waals surface area (Å²) in [4.78, 5) is 19.0. The second-order valence-electron chi connectivity index (χ2n) is 7.73. The Morgan fingerprint density at radius 2 is 1.93 bits per heavy atom. The summed E-state index contributed by atoms with van der Waals surface area (Å²) in [5.41, 5.74) is 1.36. The quantitative estimate of drug-likeness (QED) is 0.720. The van der Waals surface area contributed by atoms with E-state index in [0.717, 1.165) is 61.7 Å². The summed E-state index contributed by atoms with van der Waals surface area (Å²) in [6.07, 6.45) is 3.35. The predicted molar refractivity (Wildman–Crippen MR) is 101 cm³/mol. The van der Waals surface area contributed by atoms with E-state index in [1.165, 1.54) is 6.07 Å². The van der Waals surface area contributed by atoms with Gasteiger partial charge in [0.05, 0.1) is 16.6 Å². The molecule has 0 atom stereocenters. The standard InChI is InChI=1S/C21H24F3N3O/c1-14-25-18-13-16(21(22,23)24)7-8-19(18)27(14)17-9-11-26(12-10-17)20(28)15-5-3-2-4-6-15/h5,7-8,13,17H,2-4,6,9-12H2,1H3. The molecule has 0 spiro atoms. The van der Waals surface area contributed by atoms with E-state index in [0.29, 0.717) is 24.4 Å². The molecule has 0 unspecified atom stereocenters. The van der Waals surface area contributed by atoms with Crippen molar-refractivity contribution in [2.75, 3.05) is 13.1 Å². The molecule has 2 aromatic rings. The maximum absolute atomic E-state index is 13.0. The van der Waals surface area contributed by atoms with Crippen molar-refractivity contribution in [1.82, 2.24) is 14.5 Å². The molecule has 1 aliphatic heterocycles. The van der Waals surface area contributed by atoms with Crippen LogP contribution in [0.1, 0.15) is 56.0 Å². The minimum absolute atomic E-state index is 0.145. The summed E-state index contributed by atoms with van der Waals surface area (Å²) < 4.78 is 41.0. The number of aryl methyl sites for hydroxylation is 1. The second kappa shape index (κ2) is 7.26. The molecule has 0 N–H and O–H groups in total. The van der Waals surface area contributed by atoms with Gasteiger partial charge in [-0.25, -0.2) is 4.98 Å². The van der Waals surface area contributed by atoms with Gasteiger partial charge in [-0.2, -0.15) is 13.2 Å². The van der Waals surface area contributed by atoms with E-state index in [2.05, 4.69) is 11.1 Å². The first-order valence-electron chi connectivity index (χ1n) is 9.88. The molecule has 2 heterocycles. The van der Waals surface area contributed by atoms with Gasteiger partial charge in [0.2, 0.25) is 5.91 Å². The summed E-state index contributed by atoms with van der Waals surface area (Å²) >= 11 is 0. The van der Waals surface area contributed by atoms with Gasteiger partial charge in [0, 0.05) is 24.7 Å². The first kappa shape index (κ1) is 19.0. The molecule has 1 aromatic carbocycles. The molecule has 0 saturated carbocycles. The van der Waals surface area contributed by atoms with Crippen LogP contribution in [0.2, 0.25) is 0 Å². The number of imidazole rings is 1. The molecule has 4 rings (SSSR count). The van der Waals surface area contributed by atoms with Crippen LogP contribution in [0.4, 0.5) is 13.2 Å². The summed E-state index contributed by atoms with van der Waals surface area (Å²) in [7, 11) is 0. The van der Waals surface area contributed by atoms with Gasteiger partial charge in [0.25, 0.3) is 0 Å². The number of nitrogens with zero attached hydrogens (tertiary/aromatic N) is 3. The van der Waals surface area contributed by atoms with Crippen molar-refractivity contribution < 1.29 is 18.0 Å². The fourth-order valence-electron chi connectivity index (χ4n) is 4.42. The molecule has 2 aliphatic rings. The summed E-state index contributed by atoms with van der Waals surface area (Å²) in [5.74, 6) is 0.870. The Bertz CT molecular complexity index is 921. The van der Waals surface area contributed by atoms with Gasteiger partial charge in [0.1, 0.15) is 5.82 Å². The third-order valence-electron chi connectivity index (χ3n) is 5.88. The van der Waals surface area contributed by atoms with Crippen molar-refractivity contribution in [2.24, 2.45) is 0 Å². The minimum atomic E-state index is -4.37. The molecule has 1 amide bonds. The molecule has 0 radical (unpaired) electrons. The van der Waals surface area contributed by atoms with Crippen LogP contribution in [0.3, 0.4) is 0 Å². The van der Waals surface area contributed by atoms with Crippen molar-refractivity contribution in [3.8, 4) is 0 Å².